The van der Waals surface area contributed by atoms with E-state index in [9.17, 15) is 14.7 Å². The van der Waals surface area contributed by atoms with Gasteiger partial charge < -0.3 is 10.2 Å². The average molecular weight is 317 g/mol. The van der Waals surface area contributed by atoms with Gasteiger partial charge >= 0.3 is 5.97 Å². The summed E-state index contributed by atoms with van der Waals surface area (Å²) in [6, 6.07) is 1.49. The van der Waals surface area contributed by atoms with E-state index in [0.29, 0.717) is 11.6 Å². The quantitative estimate of drug-likeness (QED) is 0.855. The molecule has 0 aliphatic heterocycles. The van der Waals surface area contributed by atoms with Crippen LogP contribution in [0.2, 0.25) is 0 Å². The van der Waals surface area contributed by atoms with Crippen molar-refractivity contribution < 1.29 is 15.0 Å². The smallest absolute Gasteiger partial charge is 0.303 e. The Bertz CT molecular complexity index is 837. The third-order valence-corrected chi connectivity index (χ3v) is 4.42. The number of carboxylic acid groups (broad SMARTS) is 1. The Balaban J connectivity index is 2.05. The van der Waals surface area contributed by atoms with Crippen LogP contribution in [-0.2, 0) is 11.2 Å². The molecule has 2 N–H and O–H groups in total. The van der Waals surface area contributed by atoms with Crippen molar-refractivity contribution in [2.45, 2.75) is 44.9 Å². The van der Waals surface area contributed by atoms with Gasteiger partial charge in [0.05, 0.1) is 6.42 Å². The fourth-order valence-electron chi connectivity index (χ4n) is 3.29. The van der Waals surface area contributed by atoms with Crippen LogP contribution in [0.1, 0.15) is 44.2 Å². The number of carbonyl (C=O) groups is 1. The van der Waals surface area contributed by atoms with Crippen LogP contribution >= 0.6 is 0 Å². The summed E-state index contributed by atoms with van der Waals surface area (Å²) in [5.41, 5.74) is 0.763. The Morgan fingerprint density at radius 2 is 2.00 bits per heavy atom. The Kier molecular flexibility index (Phi) is 4.27. The predicted octanol–water partition coefficient (Wildman–Crippen LogP) is 1.07. The Morgan fingerprint density at radius 3 is 2.70 bits per heavy atom. The average Bonchev–Trinajstić information content (AvgIpc) is 3.16. The van der Waals surface area contributed by atoms with E-state index in [-0.39, 0.29) is 29.2 Å². The minimum Gasteiger partial charge on any atom is -0.511 e. The van der Waals surface area contributed by atoms with Gasteiger partial charge in [0.1, 0.15) is 17.3 Å². The first-order valence-corrected chi connectivity index (χ1v) is 7.86. The summed E-state index contributed by atoms with van der Waals surface area (Å²) in [5, 5.41) is 23.1. The highest BCUT2D eigenvalue weighted by atomic mass is 16.4. The van der Waals surface area contributed by atoms with Crippen molar-refractivity contribution in [3.05, 3.63) is 33.5 Å². The van der Waals surface area contributed by atoms with Crippen LogP contribution in [0, 0.1) is 5.92 Å². The van der Waals surface area contributed by atoms with Gasteiger partial charge in [-0.3, -0.25) is 9.59 Å². The number of aliphatic hydroxyl groups excluding tert-OH is 1. The molecule has 1 aliphatic rings. The lowest BCUT2D eigenvalue weighted by Gasteiger charge is -2.10. The maximum atomic E-state index is 12.4. The predicted molar refractivity (Wildman–Crippen MR) is 83.0 cm³/mol. The van der Waals surface area contributed by atoms with E-state index in [4.69, 9.17) is 5.11 Å². The standard InChI is InChI=1S/C16H19N3O4/c20-12(5-6-14(22)23)15-13(21)8-11(7-10-3-1-2-4-10)19-16(15)17-9-18-19/h8-10,20H,1-7H2,(H,22,23). The lowest BCUT2D eigenvalue weighted by atomic mass is 10.0. The van der Waals surface area contributed by atoms with Crippen molar-refractivity contribution in [3.63, 3.8) is 0 Å². The lowest BCUT2D eigenvalue weighted by Crippen LogP contribution is -2.31. The second kappa shape index (κ2) is 6.36. The fraction of sp³-hybridized carbons (Fsp3) is 0.500. The molecule has 1 aliphatic carbocycles. The van der Waals surface area contributed by atoms with E-state index >= 15 is 0 Å². The van der Waals surface area contributed by atoms with Crippen molar-refractivity contribution in [2.24, 2.45) is 5.92 Å². The number of hydrogen-bond acceptors (Lipinski definition) is 5. The number of hydrogen-bond donors (Lipinski definition) is 2. The van der Waals surface area contributed by atoms with Gasteiger partial charge in [-0.05, 0) is 12.3 Å². The topological polar surface area (TPSA) is 105 Å². The highest BCUT2D eigenvalue weighted by molar-refractivity contribution is 5.68. The Labute approximate surface area is 132 Å². The molecule has 0 radical (unpaired) electrons. The zero-order chi connectivity index (χ0) is 16.4. The van der Waals surface area contributed by atoms with Gasteiger partial charge in [0.25, 0.3) is 0 Å². The fourth-order valence-corrected chi connectivity index (χ4v) is 3.29. The van der Waals surface area contributed by atoms with Gasteiger partial charge in [0.2, 0.25) is 0 Å². The van der Waals surface area contributed by atoms with Gasteiger partial charge in [-0.1, -0.05) is 25.7 Å². The highest BCUT2D eigenvalue weighted by Crippen LogP contribution is 2.27. The maximum absolute atomic E-state index is 12.4. The molecular formula is C16H19N3O4. The van der Waals surface area contributed by atoms with E-state index in [1.54, 1.807) is 4.52 Å². The van der Waals surface area contributed by atoms with Crippen molar-refractivity contribution >= 4 is 17.4 Å². The Hall–Kier alpha value is -2.44. The van der Waals surface area contributed by atoms with Crippen molar-refractivity contribution in [1.29, 1.82) is 0 Å². The molecule has 7 nitrogen and oxygen atoms in total. The zero-order valence-corrected chi connectivity index (χ0v) is 12.7. The molecular weight excluding hydrogens is 298 g/mol. The minimum absolute atomic E-state index is 0.0546. The van der Waals surface area contributed by atoms with Gasteiger partial charge in [-0.2, -0.15) is 5.10 Å². The van der Waals surface area contributed by atoms with E-state index in [1.807, 2.05) is 0 Å². The van der Waals surface area contributed by atoms with Gasteiger partial charge in [0, 0.05) is 18.2 Å². The number of nitrogens with zero attached hydrogens (tertiary/aromatic N) is 3. The summed E-state index contributed by atoms with van der Waals surface area (Å²) in [7, 11) is 0. The van der Waals surface area contributed by atoms with E-state index in [2.05, 4.69) is 10.1 Å². The number of aromatic nitrogens is 3. The van der Waals surface area contributed by atoms with Gasteiger partial charge in [-0.25, -0.2) is 9.50 Å². The molecule has 2 aromatic heterocycles. The third-order valence-electron chi connectivity index (χ3n) is 4.42. The molecule has 0 atom stereocenters. The zero-order valence-electron chi connectivity index (χ0n) is 12.7. The molecule has 2 aromatic rings. The SMILES string of the molecule is O=C(O)CCC(O)=c1c(=O)cc(CC2CCCC2)n2ncnc12. The number of aliphatic carboxylic acids is 1. The van der Waals surface area contributed by atoms with E-state index in [0.717, 1.165) is 25.0 Å². The van der Waals surface area contributed by atoms with Crippen molar-refractivity contribution in [3.8, 4) is 0 Å². The van der Waals surface area contributed by atoms with Crippen molar-refractivity contribution in [2.75, 3.05) is 0 Å². The minimum atomic E-state index is -1.03. The molecule has 7 heteroatoms. The summed E-state index contributed by atoms with van der Waals surface area (Å²) >= 11 is 0. The third kappa shape index (κ3) is 3.18. The first-order chi connectivity index (χ1) is 11.1. The first-order valence-electron chi connectivity index (χ1n) is 7.86. The summed E-state index contributed by atoms with van der Waals surface area (Å²) in [4.78, 5) is 27.1. The first kappa shape index (κ1) is 15.5. The molecule has 0 unspecified atom stereocenters. The number of rotatable bonds is 5. The monoisotopic (exact) mass is 317 g/mol. The largest absolute Gasteiger partial charge is 0.511 e. The van der Waals surface area contributed by atoms with E-state index < -0.39 is 5.97 Å². The molecule has 0 aromatic carbocycles. The molecule has 0 saturated heterocycles. The number of carboxylic acids is 1. The number of fused-ring (bicyclic) bond motifs is 1. The van der Waals surface area contributed by atoms with Crippen LogP contribution in [-0.4, -0.2) is 30.8 Å². The summed E-state index contributed by atoms with van der Waals surface area (Å²) in [6.45, 7) is 0. The Morgan fingerprint density at radius 1 is 1.26 bits per heavy atom. The van der Waals surface area contributed by atoms with Crippen LogP contribution < -0.4 is 10.6 Å². The summed E-state index contributed by atoms with van der Waals surface area (Å²) in [6.07, 6.45) is 6.52. The molecule has 0 bridgehead atoms. The molecule has 2 heterocycles. The normalized spacial score (nSPS) is 16.9. The second-order valence-electron chi connectivity index (χ2n) is 6.07. The summed E-state index contributed by atoms with van der Waals surface area (Å²) < 4.78 is 1.59. The second-order valence-corrected chi connectivity index (χ2v) is 6.07. The molecule has 3 rings (SSSR count). The molecule has 23 heavy (non-hydrogen) atoms. The molecule has 1 fully saturated rings. The van der Waals surface area contributed by atoms with Crippen LogP contribution in [0.15, 0.2) is 17.2 Å². The summed E-state index contributed by atoms with van der Waals surface area (Å²) in [5.74, 6) is -0.723. The number of aliphatic hydroxyl groups is 1. The van der Waals surface area contributed by atoms with Crippen molar-refractivity contribution in [1.82, 2.24) is 14.6 Å². The van der Waals surface area contributed by atoms with Crippen LogP contribution in [0.5, 0.6) is 0 Å². The molecule has 122 valence electrons. The molecule has 0 spiro atoms. The highest BCUT2D eigenvalue weighted by Gasteiger charge is 2.19. The van der Waals surface area contributed by atoms with E-state index in [1.165, 1.54) is 25.2 Å². The number of pyridine rings is 1. The molecule has 1 saturated carbocycles. The lowest BCUT2D eigenvalue weighted by molar-refractivity contribution is -0.136. The van der Waals surface area contributed by atoms with Crippen LogP contribution in [0.4, 0.5) is 0 Å². The van der Waals surface area contributed by atoms with Gasteiger partial charge in [-0.15, -0.1) is 0 Å². The maximum Gasteiger partial charge on any atom is 0.303 e. The van der Waals surface area contributed by atoms with Crippen LogP contribution in [0.3, 0.4) is 0 Å². The molecule has 0 amide bonds. The van der Waals surface area contributed by atoms with Gasteiger partial charge in [0.15, 0.2) is 11.1 Å². The van der Waals surface area contributed by atoms with Crippen LogP contribution in [0.25, 0.3) is 11.4 Å².